The van der Waals surface area contributed by atoms with Gasteiger partial charge in [-0.1, -0.05) is 19.8 Å². The topological polar surface area (TPSA) is 55.2 Å². The summed E-state index contributed by atoms with van der Waals surface area (Å²) in [6.07, 6.45) is 4.71. The van der Waals surface area contributed by atoms with Crippen LogP contribution < -0.4 is 5.32 Å². The Labute approximate surface area is 126 Å². The van der Waals surface area contributed by atoms with Gasteiger partial charge in [-0.15, -0.1) is 0 Å². The van der Waals surface area contributed by atoms with Gasteiger partial charge in [0.25, 0.3) is 5.69 Å². The van der Waals surface area contributed by atoms with Crippen LogP contribution in [0.15, 0.2) is 16.6 Å². The molecule has 4 nitrogen and oxygen atoms in total. The molecule has 0 unspecified atom stereocenters. The van der Waals surface area contributed by atoms with Gasteiger partial charge < -0.3 is 5.32 Å². The number of hydrogen-bond acceptors (Lipinski definition) is 3. The van der Waals surface area contributed by atoms with E-state index in [4.69, 9.17) is 0 Å². The van der Waals surface area contributed by atoms with Crippen molar-refractivity contribution in [2.24, 2.45) is 11.8 Å². The lowest BCUT2D eigenvalue weighted by Crippen LogP contribution is -2.20. The summed E-state index contributed by atoms with van der Waals surface area (Å²) in [5, 5.41) is 14.1. The second-order valence-electron chi connectivity index (χ2n) is 5.55. The van der Waals surface area contributed by atoms with Crippen LogP contribution >= 0.6 is 15.9 Å². The Morgan fingerprint density at radius 2 is 2.05 bits per heavy atom. The van der Waals surface area contributed by atoms with Crippen molar-refractivity contribution in [3.63, 3.8) is 0 Å². The standard InChI is InChI=1S/C14H18BrFN2O2/c1-9-2-4-10(5-3-9)8-17-13-6-11(15)12(16)7-14(13)18(19)20/h6-7,9-10,17H,2-5,8H2,1H3. The van der Waals surface area contributed by atoms with E-state index in [9.17, 15) is 14.5 Å². The van der Waals surface area contributed by atoms with E-state index in [1.807, 2.05) is 0 Å². The number of nitro groups is 1. The number of nitro benzene ring substituents is 1. The van der Waals surface area contributed by atoms with Crippen LogP contribution in [-0.2, 0) is 0 Å². The van der Waals surface area contributed by atoms with Crippen LogP contribution in [0.2, 0.25) is 0 Å². The van der Waals surface area contributed by atoms with Crippen molar-refractivity contribution in [3.05, 3.63) is 32.5 Å². The van der Waals surface area contributed by atoms with Crippen molar-refractivity contribution in [3.8, 4) is 0 Å². The maximum atomic E-state index is 13.4. The van der Waals surface area contributed by atoms with Crippen LogP contribution in [-0.4, -0.2) is 11.5 Å². The fraction of sp³-hybridized carbons (Fsp3) is 0.571. The van der Waals surface area contributed by atoms with Gasteiger partial charge in [0.1, 0.15) is 11.5 Å². The Hall–Kier alpha value is -1.17. The largest absolute Gasteiger partial charge is 0.379 e. The molecule has 20 heavy (non-hydrogen) atoms. The predicted octanol–water partition coefficient (Wildman–Crippen LogP) is 4.73. The van der Waals surface area contributed by atoms with Crippen molar-refractivity contribution in [2.45, 2.75) is 32.6 Å². The summed E-state index contributed by atoms with van der Waals surface area (Å²) in [4.78, 5) is 10.4. The van der Waals surface area contributed by atoms with Gasteiger partial charge in [0, 0.05) is 6.54 Å². The Balaban J connectivity index is 2.05. The zero-order valence-electron chi connectivity index (χ0n) is 11.4. The lowest BCUT2D eigenvalue weighted by Gasteiger charge is -2.26. The molecule has 110 valence electrons. The quantitative estimate of drug-likeness (QED) is 0.634. The zero-order valence-corrected chi connectivity index (χ0v) is 13.0. The molecule has 1 fully saturated rings. The highest BCUT2D eigenvalue weighted by Gasteiger charge is 2.21. The SMILES string of the molecule is CC1CCC(CNc2cc(Br)c(F)cc2[N+](=O)[O-])CC1. The molecule has 0 heterocycles. The van der Waals surface area contributed by atoms with E-state index >= 15 is 0 Å². The van der Waals surface area contributed by atoms with Gasteiger partial charge in [0.05, 0.1) is 15.5 Å². The Morgan fingerprint density at radius 3 is 2.65 bits per heavy atom. The predicted molar refractivity (Wildman–Crippen MR) is 80.4 cm³/mol. The molecule has 0 bridgehead atoms. The number of hydrogen-bond donors (Lipinski definition) is 1. The molecule has 1 saturated carbocycles. The molecule has 0 aromatic heterocycles. The highest BCUT2D eigenvalue weighted by Crippen LogP contribution is 2.32. The number of nitrogens with one attached hydrogen (secondary N) is 1. The summed E-state index contributed by atoms with van der Waals surface area (Å²) in [6, 6.07) is 2.40. The third-order valence-electron chi connectivity index (χ3n) is 3.95. The minimum Gasteiger partial charge on any atom is -0.379 e. The fourth-order valence-corrected chi connectivity index (χ4v) is 2.96. The first-order valence-corrected chi connectivity index (χ1v) is 7.64. The Bertz CT molecular complexity index is 502. The van der Waals surface area contributed by atoms with Crippen LogP contribution in [0.5, 0.6) is 0 Å². The van der Waals surface area contributed by atoms with Gasteiger partial charge in [-0.3, -0.25) is 10.1 Å². The van der Waals surface area contributed by atoms with Crippen LogP contribution in [0, 0.1) is 27.8 Å². The molecular weight excluding hydrogens is 327 g/mol. The maximum absolute atomic E-state index is 13.4. The number of benzene rings is 1. The molecule has 1 aliphatic carbocycles. The molecule has 2 rings (SSSR count). The van der Waals surface area contributed by atoms with Gasteiger partial charge in [0.15, 0.2) is 0 Å². The normalized spacial score (nSPS) is 22.6. The van der Waals surface area contributed by atoms with Crippen LogP contribution in [0.1, 0.15) is 32.6 Å². The zero-order chi connectivity index (χ0) is 14.7. The van der Waals surface area contributed by atoms with E-state index in [1.165, 1.54) is 18.9 Å². The van der Waals surface area contributed by atoms with Gasteiger partial charge in [0.2, 0.25) is 0 Å². The molecule has 1 aliphatic rings. The highest BCUT2D eigenvalue weighted by atomic mass is 79.9. The first-order valence-electron chi connectivity index (χ1n) is 6.84. The molecule has 0 atom stereocenters. The molecule has 1 N–H and O–H groups in total. The second-order valence-corrected chi connectivity index (χ2v) is 6.40. The van der Waals surface area contributed by atoms with E-state index in [2.05, 4.69) is 28.2 Å². The van der Waals surface area contributed by atoms with Gasteiger partial charge in [-0.2, -0.15) is 0 Å². The van der Waals surface area contributed by atoms with E-state index in [-0.39, 0.29) is 10.2 Å². The summed E-state index contributed by atoms with van der Waals surface area (Å²) in [5.74, 6) is 0.698. The Kier molecular flexibility index (Phi) is 4.96. The fourth-order valence-electron chi connectivity index (χ4n) is 2.62. The average molecular weight is 345 g/mol. The summed E-state index contributed by atoms with van der Waals surface area (Å²) in [6.45, 7) is 2.96. The van der Waals surface area contributed by atoms with Crippen molar-refractivity contribution in [2.75, 3.05) is 11.9 Å². The van der Waals surface area contributed by atoms with Gasteiger partial charge >= 0.3 is 0 Å². The third kappa shape index (κ3) is 3.69. The van der Waals surface area contributed by atoms with Gasteiger partial charge in [-0.25, -0.2) is 4.39 Å². The molecule has 0 aliphatic heterocycles. The first-order chi connectivity index (χ1) is 9.47. The molecule has 1 aromatic carbocycles. The smallest absolute Gasteiger partial charge is 0.295 e. The molecule has 6 heteroatoms. The lowest BCUT2D eigenvalue weighted by atomic mass is 9.83. The highest BCUT2D eigenvalue weighted by molar-refractivity contribution is 9.10. The van der Waals surface area contributed by atoms with Crippen molar-refractivity contribution in [1.82, 2.24) is 0 Å². The first kappa shape index (κ1) is 15.2. The van der Waals surface area contributed by atoms with E-state index < -0.39 is 10.7 Å². The van der Waals surface area contributed by atoms with Crippen molar-refractivity contribution in [1.29, 1.82) is 0 Å². The summed E-state index contributed by atoms with van der Waals surface area (Å²) < 4.78 is 13.6. The number of anilines is 1. The average Bonchev–Trinajstić information content (AvgIpc) is 2.41. The van der Waals surface area contributed by atoms with Crippen LogP contribution in [0.4, 0.5) is 15.8 Å². The van der Waals surface area contributed by atoms with E-state index in [1.54, 1.807) is 0 Å². The van der Waals surface area contributed by atoms with Crippen molar-refractivity contribution < 1.29 is 9.31 Å². The lowest BCUT2D eigenvalue weighted by molar-refractivity contribution is -0.384. The summed E-state index contributed by atoms with van der Waals surface area (Å²) in [5.41, 5.74) is 0.164. The summed E-state index contributed by atoms with van der Waals surface area (Å²) in [7, 11) is 0. The monoisotopic (exact) mass is 344 g/mol. The summed E-state index contributed by atoms with van der Waals surface area (Å²) >= 11 is 3.07. The number of rotatable bonds is 4. The molecular formula is C14H18BrFN2O2. The van der Waals surface area contributed by atoms with Crippen molar-refractivity contribution >= 4 is 27.3 Å². The van der Waals surface area contributed by atoms with Crippen LogP contribution in [0.3, 0.4) is 0 Å². The molecule has 0 amide bonds. The number of nitrogens with zero attached hydrogens (tertiary/aromatic N) is 1. The molecule has 0 saturated heterocycles. The molecule has 0 spiro atoms. The minimum atomic E-state index is -0.617. The molecule has 1 aromatic rings. The van der Waals surface area contributed by atoms with Gasteiger partial charge in [-0.05, 0) is 46.7 Å². The second kappa shape index (κ2) is 6.52. The third-order valence-corrected chi connectivity index (χ3v) is 4.56. The minimum absolute atomic E-state index is 0.213. The van der Waals surface area contributed by atoms with Crippen LogP contribution in [0.25, 0.3) is 0 Å². The molecule has 0 radical (unpaired) electrons. The van der Waals surface area contributed by atoms with E-state index in [0.29, 0.717) is 18.2 Å². The van der Waals surface area contributed by atoms with E-state index in [0.717, 1.165) is 24.8 Å². The Morgan fingerprint density at radius 1 is 1.40 bits per heavy atom. The maximum Gasteiger partial charge on any atom is 0.295 e. The number of halogens is 2.